The second-order valence-corrected chi connectivity index (χ2v) is 8.44. The third kappa shape index (κ3) is 4.49. The van der Waals surface area contributed by atoms with Gasteiger partial charge >= 0.3 is 0 Å². The average molecular weight is 483 g/mol. The van der Waals surface area contributed by atoms with Gasteiger partial charge < -0.3 is 10.1 Å². The molecular weight excluding hydrogens is 464 g/mol. The second-order valence-electron chi connectivity index (χ2n) is 6.62. The number of thioether (sulfide) groups is 1. The van der Waals surface area contributed by atoms with Crippen molar-refractivity contribution in [1.29, 1.82) is 0 Å². The molecule has 0 unspecified atom stereocenters. The number of carbonyl (C=O) groups excluding carboxylic acids is 1. The van der Waals surface area contributed by atoms with Gasteiger partial charge in [-0.2, -0.15) is 5.10 Å². The van der Waals surface area contributed by atoms with E-state index in [2.05, 4.69) is 31.3 Å². The Balaban J connectivity index is 1.49. The van der Waals surface area contributed by atoms with Crippen LogP contribution in [0.5, 0.6) is 5.75 Å². The molecule has 0 radical (unpaired) electrons. The normalized spacial score (nSPS) is 10.9. The van der Waals surface area contributed by atoms with Crippen molar-refractivity contribution in [1.82, 2.24) is 14.6 Å². The van der Waals surface area contributed by atoms with Crippen LogP contribution < -0.4 is 10.1 Å². The van der Waals surface area contributed by atoms with Crippen LogP contribution in [0, 0.1) is 6.92 Å². The first-order valence-corrected chi connectivity index (χ1v) is 11.0. The van der Waals surface area contributed by atoms with Crippen LogP contribution >= 0.6 is 27.7 Å². The van der Waals surface area contributed by atoms with E-state index >= 15 is 0 Å². The second kappa shape index (κ2) is 8.89. The largest absolute Gasteiger partial charge is 0.497 e. The molecule has 0 saturated carbocycles. The summed E-state index contributed by atoms with van der Waals surface area (Å²) < 4.78 is 8.01. The third-order valence-electron chi connectivity index (χ3n) is 4.52. The van der Waals surface area contributed by atoms with Gasteiger partial charge in [0.25, 0.3) is 0 Å². The number of rotatable bonds is 6. The van der Waals surface area contributed by atoms with E-state index in [-0.39, 0.29) is 11.7 Å². The van der Waals surface area contributed by atoms with E-state index < -0.39 is 0 Å². The van der Waals surface area contributed by atoms with Crippen LogP contribution in [0.25, 0.3) is 16.8 Å². The molecule has 0 aliphatic heterocycles. The molecule has 0 atom stereocenters. The van der Waals surface area contributed by atoms with Gasteiger partial charge in [0.15, 0.2) is 0 Å². The number of carbonyl (C=O) groups is 1. The lowest BCUT2D eigenvalue weighted by Crippen LogP contribution is -2.14. The summed E-state index contributed by atoms with van der Waals surface area (Å²) in [5, 5.41) is 8.31. The number of aryl methyl sites for hydroxylation is 1. The van der Waals surface area contributed by atoms with Crippen molar-refractivity contribution >= 4 is 44.8 Å². The molecule has 4 rings (SSSR count). The number of ether oxygens (including phenoxy) is 1. The number of aromatic nitrogens is 3. The van der Waals surface area contributed by atoms with Crippen molar-refractivity contribution in [3.8, 4) is 17.0 Å². The Labute approximate surface area is 186 Å². The zero-order valence-electron chi connectivity index (χ0n) is 16.4. The topological polar surface area (TPSA) is 68.5 Å². The molecule has 2 heterocycles. The standard InChI is InChI=1S/C22H19BrN4O2S/c1-14-11-16(5-8-18(14)23)25-21(28)13-30-22-20-12-19(26-27(20)10-9-24-22)15-3-6-17(29-2)7-4-15/h3-12H,13H2,1-2H3,(H,25,28). The summed E-state index contributed by atoms with van der Waals surface area (Å²) in [5.74, 6) is 0.970. The number of amides is 1. The van der Waals surface area contributed by atoms with Gasteiger partial charge in [0.1, 0.15) is 10.8 Å². The molecule has 0 spiro atoms. The monoisotopic (exact) mass is 482 g/mol. The van der Waals surface area contributed by atoms with Gasteiger partial charge in [-0.25, -0.2) is 9.50 Å². The van der Waals surface area contributed by atoms with E-state index in [1.165, 1.54) is 11.8 Å². The molecule has 30 heavy (non-hydrogen) atoms. The van der Waals surface area contributed by atoms with Crippen molar-refractivity contribution in [2.75, 3.05) is 18.2 Å². The van der Waals surface area contributed by atoms with Crippen LogP contribution in [0.4, 0.5) is 5.69 Å². The lowest BCUT2D eigenvalue weighted by molar-refractivity contribution is -0.113. The van der Waals surface area contributed by atoms with E-state index in [9.17, 15) is 4.79 Å². The summed E-state index contributed by atoms with van der Waals surface area (Å²) in [6.45, 7) is 1.99. The van der Waals surface area contributed by atoms with Crippen molar-refractivity contribution < 1.29 is 9.53 Å². The smallest absolute Gasteiger partial charge is 0.234 e. The van der Waals surface area contributed by atoms with Crippen LogP contribution in [0.3, 0.4) is 0 Å². The van der Waals surface area contributed by atoms with Crippen LogP contribution in [0.15, 0.2) is 70.4 Å². The Kier molecular flexibility index (Phi) is 6.06. The fourth-order valence-corrected chi connectivity index (χ4v) is 3.99. The summed E-state index contributed by atoms with van der Waals surface area (Å²) >= 11 is 4.85. The fraction of sp³-hybridized carbons (Fsp3) is 0.136. The Hall–Kier alpha value is -2.84. The molecule has 152 valence electrons. The maximum atomic E-state index is 12.4. The zero-order chi connectivity index (χ0) is 21.1. The molecule has 0 saturated heterocycles. The minimum absolute atomic E-state index is 0.0829. The van der Waals surface area contributed by atoms with Crippen LogP contribution in [0.1, 0.15) is 5.56 Å². The highest BCUT2D eigenvalue weighted by Gasteiger charge is 2.12. The van der Waals surface area contributed by atoms with E-state index in [1.54, 1.807) is 24.0 Å². The quantitative estimate of drug-likeness (QED) is 0.382. The fourth-order valence-electron chi connectivity index (χ4n) is 2.97. The number of nitrogens with one attached hydrogen (secondary N) is 1. The molecule has 8 heteroatoms. The first kappa shape index (κ1) is 20.4. The van der Waals surface area contributed by atoms with Crippen molar-refractivity contribution in [2.45, 2.75) is 11.9 Å². The minimum atomic E-state index is -0.0829. The van der Waals surface area contributed by atoms with E-state index in [0.29, 0.717) is 0 Å². The van der Waals surface area contributed by atoms with E-state index in [0.717, 1.165) is 43.3 Å². The number of fused-ring (bicyclic) bond motifs is 1. The molecule has 1 N–H and O–H groups in total. The number of nitrogens with zero attached hydrogens (tertiary/aromatic N) is 3. The summed E-state index contributed by atoms with van der Waals surface area (Å²) in [6.07, 6.45) is 3.49. The van der Waals surface area contributed by atoms with Crippen molar-refractivity contribution in [2.24, 2.45) is 0 Å². The molecule has 2 aromatic carbocycles. The SMILES string of the molecule is COc1ccc(-c2cc3c(SCC(=O)Nc4ccc(Br)c(C)c4)nccn3n2)cc1. The summed E-state index contributed by atoms with van der Waals surface area (Å²) in [4.78, 5) is 16.8. The van der Waals surface area contributed by atoms with Gasteiger partial charge in [-0.3, -0.25) is 4.79 Å². The predicted octanol–water partition coefficient (Wildman–Crippen LogP) is 5.21. The Morgan fingerprint density at radius 2 is 2.00 bits per heavy atom. The maximum absolute atomic E-state index is 12.4. The summed E-state index contributed by atoms with van der Waals surface area (Å²) in [6, 6.07) is 15.5. The maximum Gasteiger partial charge on any atom is 0.234 e. The lowest BCUT2D eigenvalue weighted by atomic mass is 10.1. The predicted molar refractivity (Wildman–Crippen MR) is 123 cm³/mol. The molecule has 2 aromatic heterocycles. The lowest BCUT2D eigenvalue weighted by Gasteiger charge is -2.07. The molecule has 0 fully saturated rings. The molecule has 0 aliphatic rings. The van der Waals surface area contributed by atoms with Gasteiger partial charge in [-0.1, -0.05) is 27.7 Å². The highest BCUT2D eigenvalue weighted by atomic mass is 79.9. The minimum Gasteiger partial charge on any atom is -0.497 e. The highest BCUT2D eigenvalue weighted by molar-refractivity contribution is 9.10. The Morgan fingerprint density at radius 1 is 1.20 bits per heavy atom. The highest BCUT2D eigenvalue weighted by Crippen LogP contribution is 2.27. The number of halogens is 1. The average Bonchev–Trinajstić information content (AvgIpc) is 3.20. The van der Waals surface area contributed by atoms with Crippen LogP contribution in [0.2, 0.25) is 0 Å². The van der Waals surface area contributed by atoms with Crippen LogP contribution in [-0.2, 0) is 4.79 Å². The molecule has 4 aromatic rings. The summed E-state index contributed by atoms with van der Waals surface area (Å²) in [7, 11) is 1.64. The first-order chi connectivity index (χ1) is 14.5. The molecule has 1 amide bonds. The van der Waals surface area contributed by atoms with Gasteiger partial charge in [0.05, 0.1) is 24.1 Å². The Morgan fingerprint density at radius 3 is 2.73 bits per heavy atom. The number of hydrogen-bond donors (Lipinski definition) is 1. The van der Waals surface area contributed by atoms with Gasteiger partial charge in [0.2, 0.25) is 5.91 Å². The summed E-state index contributed by atoms with van der Waals surface area (Å²) in [5.41, 5.74) is 4.53. The van der Waals surface area contributed by atoms with Crippen molar-refractivity contribution in [3.05, 3.63) is 71.0 Å². The number of anilines is 1. The van der Waals surface area contributed by atoms with E-state index in [4.69, 9.17) is 4.74 Å². The number of benzene rings is 2. The molecule has 0 aliphatic carbocycles. The molecular formula is C22H19BrN4O2S. The van der Waals surface area contributed by atoms with Gasteiger partial charge in [0, 0.05) is 28.1 Å². The van der Waals surface area contributed by atoms with Gasteiger partial charge in [-0.15, -0.1) is 0 Å². The number of hydrogen-bond acceptors (Lipinski definition) is 5. The van der Waals surface area contributed by atoms with Gasteiger partial charge in [-0.05, 0) is 61.0 Å². The first-order valence-electron chi connectivity index (χ1n) is 9.21. The van der Waals surface area contributed by atoms with Crippen LogP contribution in [-0.4, -0.2) is 33.4 Å². The Bertz CT molecular complexity index is 1210. The van der Waals surface area contributed by atoms with Crippen molar-refractivity contribution in [3.63, 3.8) is 0 Å². The molecule has 0 bridgehead atoms. The third-order valence-corrected chi connectivity index (χ3v) is 6.41. The van der Waals surface area contributed by atoms with E-state index in [1.807, 2.05) is 55.5 Å². The molecule has 6 nitrogen and oxygen atoms in total. The number of methoxy groups -OCH3 is 1. The zero-order valence-corrected chi connectivity index (χ0v) is 18.8.